The Labute approximate surface area is 234 Å². The van der Waals surface area contributed by atoms with Gasteiger partial charge in [0.2, 0.25) is 0 Å². The number of ketones is 1. The number of fused-ring (bicyclic) bond motifs is 1. The highest BCUT2D eigenvalue weighted by molar-refractivity contribution is 7.17. The number of benzene rings is 2. The van der Waals surface area contributed by atoms with Crippen molar-refractivity contribution in [3.63, 3.8) is 0 Å². The lowest BCUT2D eigenvalue weighted by Gasteiger charge is -2.25. The summed E-state index contributed by atoms with van der Waals surface area (Å²) in [6.07, 6.45) is 0.633. The fraction of sp³-hybridized carbons (Fsp3) is 0.310. The first-order valence-electron chi connectivity index (χ1n) is 12.7. The van der Waals surface area contributed by atoms with Gasteiger partial charge in [-0.25, -0.2) is 9.78 Å². The molecule has 5 rings (SSSR count). The molecular weight excluding hydrogens is 536 g/mol. The van der Waals surface area contributed by atoms with Crippen LogP contribution in [-0.2, 0) is 20.7 Å². The van der Waals surface area contributed by atoms with Crippen LogP contribution in [0.4, 0.5) is 5.13 Å². The number of Topliss-reactive ketones (excluding diaryl/α,β-unsaturated/α-hetero) is 1. The van der Waals surface area contributed by atoms with Crippen molar-refractivity contribution in [3.05, 3.63) is 69.2 Å². The Kier molecular flexibility index (Phi) is 7.24. The molecule has 0 saturated carbocycles. The average Bonchev–Trinajstić information content (AvgIpc) is 3.59. The number of rotatable bonds is 7. The molecule has 0 spiro atoms. The zero-order valence-corrected chi connectivity index (χ0v) is 23.5. The van der Waals surface area contributed by atoms with Crippen LogP contribution in [0.25, 0.3) is 5.76 Å². The Morgan fingerprint density at radius 3 is 2.67 bits per heavy atom. The molecule has 3 aromatic rings. The summed E-state index contributed by atoms with van der Waals surface area (Å²) in [5.41, 5.74) is 1.85. The number of aliphatic hydroxyl groups is 1. The molecule has 1 amide bonds. The van der Waals surface area contributed by atoms with Crippen molar-refractivity contribution in [1.29, 1.82) is 0 Å². The first-order chi connectivity index (χ1) is 19.2. The molecule has 1 aromatic heterocycles. The number of esters is 1. The molecule has 3 heterocycles. The van der Waals surface area contributed by atoms with E-state index in [0.29, 0.717) is 34.7 Å². The topological polar surface area (TPSA) is 124 Å². The van der Waals surface area contributed by atoms with E-state index in [-0.39, 0.29) is 39.8 Å². The van der Waals surface area contributed by atoms with Crippen LogP contribution >= 0.6 is 11.3 Å². The van der Waals surface area contributed by atoms with Crippen molar-refractivity contribution in [2.75, 3.05) is 25.7 Å². The summed E-state index contributed by atoms with van der Waals surface area (Å²) in [7, 11) is 2.92. The molecule has 40 heavy (non-hydrogen) atoms. The first kappa shape index (κ1) is 27.2. The third-order valence-electron chi connectivity index (χ3n) is 6.79. The SMILES string of the molecule is CCOC(=O)c1sc(N2C(=O)C(=O)C(=C(O)c3ccc4c(c3)CC(C)O4)C2c2cccc(OC)c2OC)nc1C. The van der Waals surface area contributed by atoms with E-state index in [0.717, 1.165) is 16.9 Å². The minimum atomic E-state index is -1.13. The van der Waals surface area contributed by atoms with Gasteiger partial charge in [-0.3, -0.25) is 14.5 Å². The Balaban J connectivity index is 1.73. The summed E-state index contributed by atoms with van der Waals surface area (Å²) >= 11 is 0.933. The van der Waals surface area contributed by atoms with E-state index in [1.54, 1.807) is 50.2 Å². The van der Waals surface area contributed by atoms with Crippen molar-refractivity contribution in [2.45, 2.75) is 39.3 Å². The van der Waals surface area contributed by atoms with E-state index in [2.05, 4.69) is 4.98 Å². The van der Waals surface area contributed by atoms with Gasteiger partial charge in [0.25, 0.3) is 5.78 Å². The fourth-order valence-electron chi connectivity index (χ4n) is 5.05. The van der Waals surface area contributed by atoms with Crippen molar-refractivity contribution in [3.8, 4) is 17.2 Å². The number of carbonyl (C=O) groups excluding carboxylic acids is 3. The number of methoxy groups -OCH3 is 2. The van der Waals surface area contributed by atoms with Gasteiger partial charge >= 0.3 is 11.9 Å². The van der Waals surface area contributed by atoms with Crippen molar-refractivity contribution in [2.24, 2.45) is 0 Å². The molecule has 1 fully saturated rings. The molecular formula is C29H28N2O8S. The summed E-state index contributed by atoms with van der Waals surface area (Å²) in [5, 5.41) is 11.7. The quantitative estimate of drug-likeness (QED) is 0.190. The number of amides is 1. The number of aryl methyl sites for hydroxylation is 1. The predicted molar refractivity (Wildman–Crippen MR) is 147 cm³/mol. The summed E-state index contributed by atoms with van der Waals surface area (Å²) in [5.74, 6) is -1.37. The maximum absolute atomic E-state index is 13.6. The minimum absolute atomic E-state index is 0.0132. The second-order valence-corrected chi connectivity index (χ2v) is 10.3. The van der Waals surface area contributed by atoms with E-state index in [4.69, 9.17) is 18.9 Å². The molecule has 2 aromatic carbocycles. The Bertz CT molecular complexity index is 1560. The summed E-state index contributed by atoms with van der Waals surface area (Å²) in [6.45, 7) is 5.43. The number of ether oxygens (including phenoxy) is 4. The number of aliphatic hydroxyl groups excluding tert-OH is 1. The van der Waals surface area contributed by atoms with Crippen LogP contribution in [0.15, 0.2) is 42.0 Å². The maximum Gasteiger partial charge on any atom is 0.350 e. The number of anilines is 1. The molecule has 2 atom stereocenters. The third kappa shape index (κ3) is 4.45. The van der Waals surface area contributed by atoms with Gasteiger partial charge in [0.1, 0.15) is 28.5 Å². The molecule has 2 aliphatic heterocycles. The number of thiazole rings is 1. The normalized spacial score (nSPS) is 19.4. The summed E-state index contributed by atoms with van der Waals surface area (Å²) in [4.78, 5) is 45.6. The van der Waals surface area contributed by atoms with Crippen LogP contribution < -0.4 is 19.1 Å². The van der Waals surface area contributed by atoms with Gasteiger partial charge in [0.05, 0.1) is 32.1 Å². The molecule has 2 unspecified atom stereocenters. The highest BCUT2D eigenvalue weighted by Gasteiger charge is 2.49. The van der Waals surface area contributed by atoms with Gasteiger partial charge in [0.15, 0.2) is 16.6 Å². The summed E-state index contributed by atoms with van der Waals surface area (Å²) in [6, 6.07) is 9.07. The van der Waals surface area contributed by atoms with Crippen LogP contribution in [0, 0.1) is 6.92 Å². The highest BCUT2D eigenvalue weighted by atomic mass is 32.1. The van der Waals surface area contributed by atoms with Gasteiger partial charge in [-0.15, -0.1) is 0 Å². The summed E-state index contributed by atoms with van der Waals surface area (Å²) < 4.78 is 22.0. The third-order valence-corrected chi connectivity index (χ3v) is 7.93. The van der Waals surface area contributed by atoms with Crippen LogP contribution in [0.5, 0.6) is 17.2 Å². The predicted octanol–water partition coefficient (Wildman–Crippen LogP) is 4.60. The lowest BCUT2D eigenvalue weighted by Crippen LogP contribution is -2.29. The number of hydrogen-bond acceptors (Lipinski definition) is 10. The molecule has 0 bridgehead atoms. The molecule has 11 heteroatoms. The molecule has 1 N–H and O–H groups in total. The standard InChI is InChI=1S/C29H28N2O8S/c1-6-38-28(35)26-15(3)30-29(40-26)31-22(18-8-7-9-20(36-4)25(18)37-5)21(24(33)27(31)34)23(32)16-10-11-19-17(13-16)12-14(2)39-19/h7-11,13-14,22,32H,6,12H2,1-5H3. The number of aromatic nitrogens is 1. The first-order valence-corrected chi connectivity index (χ1v) is 13.5. The highest BCUT2D eigenvalue weighted by Crippen LogP contribution is 2.48. The molecule has 0 radical (unpaired) electrons. The number of hydrogen-bond donors (Lipinski definition) is 1. The molecule has 10 nitrogen and oxygen atoms in total. The van der Waals surface area contributed by atoms with E-state index < -0.39 is 23.7 Å². The fourth-order valence-corrected chi connectivity index (χ4v) is 6.03. The Morgan fingerprint density at radius 1 is 1.20 bits per heavy atom. The van der Waals surface area contributed by atoms with Crippen LogP contribution in [0.3, 0.4) is 0 Å². The van der Waals surface area contributed by atoms with E-state index in [9.17, 15) is 19.5 Å². The van der Waals surface area contributed by atoms with E-state index in [1.165, 1.54) is 19.1 Å². The number of para-hydroxylation sites is 1. The number of nitrogens with zero attached hydrogens (tertiary/aromatic N) is 2. The van der Waals surface area contributed by atoms with Crippen molar-refractivity contribution in [1.82, 2.24) is 4.98 Å². The van der Waals surface area contributed by atoms with E-state index >= 15 is 0 Å². The molecule has 0 aliphatic carbocycles. The van der Waals surface area contributed by atoms with E-state index in [1.807, 2.05) is 6.92 Å². The number of carbonyl (C=O) groups is 3. The molecule has 2 aliphatic rings. The lowest BCUT2D eigenvalue weighted by atomic mass is 9.93. The zero-order valence-electron chi connectivity index (χ0n) is 22.6. The second-order valence-electron chi connectivity index (χ2n) is 9.34. The van der Waals surface area contributed by atoms with Gasteiger partial charge < -0.3 is 24.1 Å². The van der Waals surface area contributed by atoms with Crippen LogP contribution in [0.2, 0.25) is 0 Å². The molecule has 208 valence electrons. The van der Waals surface area contributed by atoms with Crippen LogP contribution in [-0.4, -0.2) is 54.7 Å². The van der Waals surface area contributed by atoms with Gasteiger partial charge in [-0.1, -0.05) is 23.5 Å². The average molecular weight is 565 g/mol. The second kappa shape index (κ2) is 10.6. The van der Waals surface area contributed by atoms with Crippen molar-refractivity contribution < 1.29 is 38.4 Å². The Morgan fingerprint density at radius 2 is 1.98 bits per heavy atom. The maximum atomic E-state index is 13.6. The van der Waals surface area contributed by atoms with Crippen molar-refractivity contribution >= 4 is 39.9 Å². The van der Waals surface area contributed by atoms with Gasteiger partial charge in [0, 0.05) is 17.5 Å². The smallest absolute Gasteiger partial charge is 0.350 e. The molecule has 1 saturated heterocycles. The zero-order chi connectivity index (χ0) is 28.7. The monoisotopic (exact) mass is 564 g/mol. The minimum Gasteiger partial charge on any atom is -0.507 e. The Hall–Kier alpha value is -4.38. The van der Waals surface area contributed by atoms with Gasteiger partial charge in [-0.2, -0.15) is 0 Å². The lowest BCUT2D eigenvalue weighted by molar-refractivity contribution is -0.132. The van der Waals surface area contributed by atoms with Crippen LogP contribution in [0.1, 0.15) is 51.9 Å². The largest absolute Gasteiger partial charge is 0.507 e. The van der Waals surface area contributed by atoms with Gasteiger partial charge in [-0.05, 0) is 50.6 Å².